The third-order valence-corrected chi connectivity index (χ3v) is 7.74. The molecule has 1 aliphatic carbocycles. The topological polar surface area (TPSA) is 85.8 Å². The smallest absolute Gasteiger partial charge is 0.335 e. The maximum atomic E-state index is 11.4. The highest BCUT2D eigenvalue weighted by Crippen LogP contribution is 2.58. The van der Waals surface area contributed by atoms with Gasteiger partial charge < -0.3 is 19.9 Å². The Bertz CT molecular complexity index is 1190. The fourth-order valence-electron chi connectivity index (χ4n) is 6.41. The number of H-pyrrole nitrogens is 1. The first-order chi connectivity index (χ1) is 15.7. The van der Waals surface area contributed by atoms with Crippen molar-refractivity contribution in [2.45, 2.75) is 57.7 Å². The van der Waals surface area contributed by atoms with Crippen LogP contribution in [0.25, 0.3) is 10.9 Å². The molecule has 1 aliphatic heterocycles. The zero-order valence-electron chi connectivity index (χ0n) is 19.5. The summed E-state index contributed by atoms with van der Waals surface area (Å²) in [7, 11) is 1.72. The van der Waals surface area contributed by atoms with Gasteiger partial charge in [0.25, 0.3) is 0 Å². The van der Waals surface area contributed by atoms with Crippen LogP contribution in [-0.4, -0.2) is 45.3 Å². The molecule has 0 unspecified atom stereocenters. The number of nitrogens with one attached hydrogen (secondary N) is 1. The average Bonchev–Trinajstić information content (AvgIpc) is 3.26. The summed E-state index contributed by atoms with van der Waals surface area (Å²) in [6.45, 7) is 5.69. The van der Waals surface area contributed by atoms with Crippen LogP contribution in [0.2, 0.25) is 0 Å². The summed E-state index contributed by atoms with van der Waals surface area (Å²) in [4.78, 5) is 17.2. The van der Waals surface area contributed by atoms with Crippen LogP contribution in [0.1, 0.15) is 65.7 Å². The largest absolute Gasteiger partial charge is 0.496 e. The maximum absolute atomic E-state index is 11.4. The van der Waals surface area contributed by atoms with Gasteiger partial charge in [-0.2, -0.15) is 0 Å². The van der Waals surface area contributed by atoms with Gasteiger partial charge in [-0.05, 0) is 86.9 Å². The number of carboxylic acids is 1. The maximum Gasteiger partial charge on any atom is 0.335 e. The van der Waals surface area contributed by atoms with Crippen molar-refractivity contribution in [1.29, 1.82) is 0 Å². The number of carboxylic acid groups (broad SMARTS) is 1. The van der Waals surface area contributed by atoms with Gasteiger partial charge in [-0.3, -0.25) is 4.90 Å². The minimum absolute atomic E-state index is 0.150. The number of ether oxygens (including phenoxy) is 1. The molecular weight excluding hydrogens is 416 g/mol. The monoisotopic (exact) mass is 448 g/mol. The molecule has 6 heteroatoms. The zero-order valence-corrected chi connectivity index (χ0v) is 19.5. The number of hydrogen-bond acceptors (Lipinski definition) is 4. The number of nitrogens with zero attached hydrogens (tertiary/aromatic N) is 1. The molecule has 5 rings (SSSR count). The zero-order chi connectivity index (χ0) is 23.4. The lowest BCUT2D eigenvalue weighted by molar-refractivity contribution is -0.148. The molecule has 1 aromatic heterocycles. The second-order valence-electron chi connectivity index (χ2n) is 10.4. The van der Waals surface area contributed by atoms with E-state index in [1.54, 1.807) is 19.2 Å². The van der Waals surface area contributed by atoms with E-state index in [-0.39, 0.29) is 11.5 Å². The molecule has 3 N–H and O–H groups in total. The number of methoxy groups -OCH3 is 1. The number of aromatic carboxylic acids is 1. The molecule has 1 saturated carbocycles. The fourth-order valence-corrected chi connectivity index (χ4v) is 6.41. The summed E-state index contributed by atoms with van der Waals surface area (Å²) in [5.41, 5.74) is 4.47. The van der Waals surface area contributed by atoms with Crippen LogP contribution in [-0.2, 0) is 6.54 Å². The van der Waals surface area contributed by atoms with E-state index in [1.165, 1.54) is 10.9 Å². The lowest BCUT2D eigenvalue weighted by atomic mass is 9.54. The van der Waals surface area contributed by atoms with Crippen molar-refractivity contribution in [3.8, 4) is 5.75 Å². The van der Waals surface area contributed by atoms with Gasteiger partial charge >= 0.3 is 5.97 Å². The summed E-state index contributed by atoms with van der Waals surface area (Å²) in [6, 6.07) is 11.7. The van der Waals surface area contributed by atoms with Gasteiger partial charge in [0.15, 0.2) is 0 Å². The second-order valence-corrected chi connectivity index (χ2v) is 10.4. The number of likely N-dealkylation sites (tertiary alicyclic amines) is 1. The minimum Gasteiger partial charge on any atom is -0.496 e. The van der Waals surface area contributed by atoms with Crippen molar-refractivity contribution >= 4 is 16.9 Å². The highest BCUT2D eigenvalue weighted by Gasteiger charge is 2.54. The number of aliphatic hydroxyl groups is 1. The summed E-state index contributed by atoms with van der Waals surface area (Å²) < 4.78 is 5.79. The van der Waals surface area contributed by atoms with Gasteiger partial charge in [0.05, 0.1) is 18.3 Å². The second kappa shape index (κ2) is 7.89. The van der Waals surface area contributed by atoms with E-state index in [9.17, 15) is 15.0 Å². The molecule has 6 nitrogen and oxygen atoms in total. The van der Waals surface area contributed by atoms with E-state index >= 15 is 0 Å². The third-order valence-electron chi connectivity index (χ3n) is 7.74. The highest BCUT2D eigenvalue weighted by atomic mass is 16.5. The number of rotatable bonds is 5. The van der Waals surface area contributed by atoms with Crippen LogP contribution in [0, 0.1) is 12.3 Å². The highest BCUT2D eigenvalue weighted by molar-refractivity contribution is 5.88. The van der Waals surface area contributed by atoms with E-state index in [0.717, 1.165) is 61.2 Å². The quantitative estimate of drug-likeness (QED) is 0.508. The summed E-state index contributed by atoms with van der Waals surface area (Å²) in [6.07, 6.45) is 5.64. The summed E-state index contributed by atoms with van der Waals surface area (Å²) >= 11 is 0. The molecular formula is C27H32N2O4. The van der Waals surface area contributed by atoms with Crippen molar-refractivity contribution < 1.29 is 19.7 Å². The molecule has 1 atom stereocenters. The van der Waals surface area contributed by atoms with Gasteiger partial charge in [-0.15, -0.1) is 0 Å². The van der Waals surface area contributed by atoms with Crippen molar-refractivity contribution in [3.05, 3.63) is 64.8 Å². The molecule has 0 bridgehead atoms. The molecule has 0 amide bonds. The molecule has 1 saturated heterocycles. The van der Waals surface area contributed by atoms with Gasteiger partial charge in [-0.25, -0.2) is 4.79 Å². The van der Waals surface area contributed by atoms with Crippen molar-refractivity contribution in [2.24, 2.45) is 5.41 Å². The van der Waals surface area contributed by atoms with Crippen LogP contribution >= 0.6 is 0 Å². The number of hydrogen-bond donors (Lipinski definition) is 3. The molecule has 2 aliphatic rings. The fraction of sp³-hybridized carbons (Fsp3) is 0.444. The average molecular weight is 449 g/mol. The van der Waals surface area contributed by atoms with Crippen molar-refractivity contribution in [2.75, 3.05) is 13.7 Å². The Kier molecular flexibility index (Phi) is 5.26. The predicted octanol–water partition coefficient (Wildman–Crippen LogP) is 5.05. The molecule has 33 heavy (non-hydrogen) atoms. The number of aromatic amines is 1. The Labute approximate surface area is 194 Å². The van der Waals surface area contributed by atoms with Gasteiger partial charge in [0.1, 0.15) is 5.75 Å². The number of aromatic nitrogens is 1. The molecule has 3 aromatic rings. The van der Waals surface area contributed by atoms with Crippen LogP contribution in [0.3, 0.4) is 0 Å². The van der Waals surface area contributed by atoms with E-state index in [0.29, 0.717) is 5.56 Å². The molecule has 2 aromatic carbocycles. The van der Waals surface area contributed by atoms with Crippen molar-refractivity contribution in [3.63, 3.8) is 0 Å². The number of benzene rings is 2. The van der Waals surface area contributed by atoms with E-state index in [1.807, 2.05) is 25.3 Å². The van der Waals surface area contributed by atoms with Crippen LogP contribution in [0.5, 0.6) is 5.75 Å². The first-order valence-electron chi connectivity index (χ1n) is 11.6. The van der Waals surface area contributed by atoms with Gasteiger partial charge in [0, 0.05) is 35.2 Å². The molecule has 174 valence electrons. The minimum atomic E-state index is -0.909. The lowest BCUT2D eigenvalue weighted by Crippen LogP contribution is -2.55. The van der Waals surface area contributed by atoms with Crippen LogP contribution in [0.15, 0.2) is 42.6 Å². The number of carbonyl (C=O) groups is 1. The number of fused-ring (bicyclic) bond motifs is 1. The third kappa shape index (κ3) is 3.91. The van der Waals surface area contributed by atoms with Crippen molar-refractivity contribution in [1.82, 2.24) is 9.88 Å². The Balaban J connectivity index is 1.50. The normalized spacial score (nSPS) is 27.6. The first kappa shape index (κ1) is 22.0. The molecule has 0 radical (unpaired) electrons. The van der Waals surface area contributed by atoms with E-state index in [4.69, 9.17) is 4.74 Å². The summed E-state index contributed by atoms with van der Waals surface area (Å²) in [5, 5.41) is 21.0. The van der Waals surface area contributed by atoms with Gasteiger partial charge in [0.2, 0.25) is 0 Å². The standard InChI is InChI=1S/C27H32N2O4/c1-17-12-23(33-3)21(20-8-10-28-24(17)20)14-29-11-9-27(15-26(2,32)16-27)13-22(29)18-4-6-19(7-5-18)25(30)31/h4-8,10,12,22,28,32H,9,11,13-16H2,1-3H3,(H,30,31)/t22-,26?,27?/m1/s1. The number of piperidine rings is 1. The SMILES string of the molecule is COc1cc(C)c2[nH]ccc2c1CN1CCC2(C[C@@H]1c1ccc(C(=O)O)cc1)CC(C)(O)C2. The van der Waals surface area contributed by atoms with Gasteiger partial charge in [-0.1, -0.05) is 12.1 Å². The Morgan fingerprint density at radius 3 is 2.61 bits per heavy atom. The Hall–Kier alpha value is -2.83. The molecule has 1 spiro atoms. The Morgan fingerprint density at radius 2 is 1.97 bits per heavy atom. The van der Waals surface area contributed by atoms with Crippen LogP contribution < -0.4 is 4.74 Å². The molecule has 2 fully saturated rings. The lowest BCUT2D eigenvalue weighted by Gasteiger charge is -2.58. The first-order valence-corrected chi connectivity index (χ1v) is 11.6. The Morgan fingerprint density at radius 1 is 1.24 bits per heavy atom. The van der Waals surface area contributed by atoms with E-state index < -0.39 is 11.6 Å². The van der Waals surface area contributed by atoms with Crippen LogP contribution in [0.4, 0.5) is 0 Å². The van der Waals surface area contributed by atoms with E-state index in [2.05, 4.69) is 28.9 Å². The summed E-state index contributed by atoms with van der Waals surface area (Å²) in [5.74, 6) is -0.0146. The number of aryl methyl sites for hydroxylation is 1. The molecule has 2 heterocycles. The predicted molar refractivity (Wildman–Crippen MR) is 128 cm³/mol.